The summed E-state index contributed by atoms with van der Waals surface area (Å²) in [6.45, 7) is 0. The molecule has 4 rings (SSSR count). The maximum Gasteiger partial charge on any atom is 0.285 e. The summed E-state index contributed by atoms with van der Waals surface area (Å²) in [5.74, 6) is 0.522. The number of hydrogen-bond donors (Lipinski definition) is 0. The minimum atomic E-state index is 0.522. The third-order valence-corrected chi connectivity index (χ3v) is 5.23. The van der Waals surface area contributed by atoms with Crippen LogP contribution in [0.5, 0.6) is 5.95 Å². The molecule has 0 atom stereocenters. The molecule has 28 heavy (non-hydrogen) atoms. The summed E-state index contributed by atoms with van der Waals surface area (Å²) in [4.78, 5) is 1.12. The van der Waals surface area contributed by atoms with E-state index in [-0.39, 0.29) is 0 Å². The SMILES string of the molecule is COc1ccc(Sc2cccc(C=C(c3ccccc3)c3ccccc3)c2)o1. The van der Waals surface area contributed by atoms with Crippen LogP contribution in [0.15, 0.2) is 111 Å². The Morgan fingerprint density at radius 3 is 2.07 bits per heavy atom. The highest BCUT2D eigenvalue weighted by Crippen LogP contribution is 2.33. The van der Waals surface area contributed by atoms with Crippen LogP contribution >= 0.6 is 11.8 Å². The average molecular weight is 385 g/mol. The van der Waals surface area contributed by atoms with E-state index in [1.165, 1.54) is 16.7 Å². The molecule has 0 unspecified atom stereocenters. The molecular weight excluding hydrogens is 364 g/mol. The van der Waals surface area contributed by atoms with Gasteiger partial charge in [-0.05, 0) is 46.5 Å². The average Bonchev–Trinajstić information content (AvgIpc) is 3.21. The summed E-state index contributed by atoms with van der Waals surface area (Å²) >= 11 is 1.58. The lowest BCUT2D eigenvalue weighted by Gasteiger charge is -2.09. The highest BCUT2D eigenvalue weighted by Gasteiger charge is 2.07. The van der Waals surface area contributed by atoms with Crippen molar-refractivity contribution in [3.05, 3.63) is 114 Å². The Morgan fingerprint density at radius 2 is 1.46 bits per heavy atom. The Hall–Kier alpha value is -3.17. The molecule has 0 spiro atoms. The van der Waals surface area contributed by atoms with Crippen molar-refractivity contribution in [3.63, 3.8) is 0 Å². The highest BCUT2D eigenvalue weighted by atomic mass is 32.2. The number of rotatable bonds is 6. The molecule has 3 heteroatoms. The Balaban J connectivity index is 1.68. The Kier molecular flexibility index (Phi) is 5.64. The molecule has 0 radical (unpaired) electrons. The van der Waals surface area contributed by atoms with Crippen LogP contribution in [0.25, 0.3) is 11.6 Å². The first kappa shape index (κ1) is 18.2. The van der Waals surface area contributed by atoms with Gasteiger partial charge in [0, 0.05) is 11.0 Å². The second kappa shape index (κ2) is 8.68. The first-order chi connectivity index (χ1) is 13.8. The minimum absolute atomic E-state index is 0.522. The van der Waals surface area contributed by atoms with Gasteiger partial charge in [0.2, 0.25) is 0 Å². The van der Waals surface area contributed by atoms with Gasteiger partial charge in [-0.3, -0.25) is 0 Å². The lowest BCUT2D eigenvalue weighted by molar-refractivity contribution is 0.280. The lowest BCUT2D eigenvalue weighted by atomic mass is 9.96. The van der Waals surface area contributed by atoms with Crippen molar-refractivity contribution < 1.29 is 9.15 Å². The predicted octanol–water partition coefficient (Wildman–Crippen LogP) is 7.03. The molecule has 2 nitrogen and oxygen atoms in total. The normalized spacial score (nSPS) is 10.5. The topological polar surface area (TPSA) is 22.4 Å². The lowest BCUT2D eigenvalue weighted by Crippen LogP contribution is -1.88. The third kappa shape index (κ3) is 4.38. The predicted molar refractivity (Wildman–Crippen MR) is 116 cm³/mol. The van der Waals surface area contributed by atoms with Crippen LogP contribution < -0.4 is 4.74 Å². The van der Waals surface area contributed by atoms with Crippen molar-refractivity contribution in [2.75, 3.05) is 7.11 Å². The van der Waals surface area contributed by atoms with Crippen LogP contribution in [-0.2, 0) is 0 Å². The maximum atomic E-state index is 5.62. The molecule has 0 aliphatic carbocycles. The summed E-state index contributed by atoms with van der Waals surface area (Å²) in [5, 5.41) is 0.810. The molecule has 0 saturated carbocycles. The van der Waals surface area contributed by atoms with Crippen LogP contribution in [0.3, 0.4) is 0 Å². The van der Waals surface area contributed by atoms with E-state index in [2.05, 4.69) is 78.9 Å². The first-order valence-electron chi connectivity index (χ1n) is 9.06. The molecule has 0 aliphatic heterocycles. The van der Waals surface area contributed by atoms with E-state index in [4.69, 9.17) is 9.15 Å². The molecule has 0 bridgehead atoms. The van der Waals surface area contributed by atoms with E-state index >= 15 is 0 Å². The molecule has 0 amide bonds. The molecule has 0 saturated heterocycles. The zero-order valence-corrected chi connectivity index (χ0v) is 16.4. The standard InChI is InChI=1S/C25H20O2S/c1-26-24-15-16-25(27-24)28-22-14-8-9-19(17-22)18-23(20-10-4-2-5-11-20)21-12-6-3-7-13-21/h2-18H,1H3. The molecule has 0 aliphatic rings. The molecule has 1 heterocycles. The number of benzene rings is 3. The number of hydrogen-bond acceptors (Lipinski definition) is 3. The second-order valence-electron chi connectivity index (χ2n) is 6.24. The summed E-state index contributed by atoms with van der Waals surface area (Å²) < 4.78 is 10.7. The second-order valence-corrected chi connectivity index (χ2v) is 7.32. The Bertz CT molecular complexity index is 1020. The van der Waals surface area contributed by atoms with Crippen LogP contribution in [-0.4, -0.2) is 7.11 Å². The van der Waals surface area contributed by atoms with Crippen molar-refractivity contribution in [2.45, 2.75) is 9.99 Å². The monoisotopic (exact) mass is 384 g/mol. The molecule has 4 aromatic rings. The van der Waals surface area contributed by atoms with Crippen molar-refractivity contribution in [3.8, 4) is 5.95 Å². The van der Waals surface area contributed by atoms with Crippen LogP contribution in [0.2, 0.25) is 0 Å². The van der Waals surface area contributed by atoms with Gasteiger partial charge in [-0.2, -0.15) is 0 Å². The van der Waals surface area contributed by atoms with Crippen molar-refractivity contribution in [1.29, 1.82) is 0 Å². The number of furan rings is 1. The molecule has 138 valence electrons. The van der Waals surface area contributed by atoms with Gasteiger partial charge in [-0.1, -0.05) is 84.6 Å². The summed E-state index contributed by atoms with van der Waals surface area (Å²) in [5.41, 5.74) is 4.74. The summed E-state index contributed by atoms with van der Waals surface area (Å²) in [6, 6.07) is 33.2. The van der Waals surface area contributed by atoms with E-state index < -0.39 is 0 Å². The largest absolute Gasteiger partial charge is 0.468 e. The van der Waals surface area contributed by atoms with Gasteiger partial charge in [-0.15, -0.1) is 0 Å². The van der Waals surface area contributed by atoms with Crippen molar-refractivity contribution in [2.24, 2.45) is 0 Å². The van der Waals surface area contributed by atoms with Crippen LogP contribution in [0.4, 0.5) is 0 Å². The van der Waals surface area contributed by atoms with E-state index in [0.29, 0.717) is 5.95 Å². The number of methoxy groups -OCH3 is 1. The summed E-state index contributed by atoms with van der Waals surface area (Å²) in [6.07, 6.45) is 2.23. The molecule has 0 fully saturated rings. The Morgan fingerprint density at radius 1 is 0.786 bits per heavy atom. The van der Waals surface area contributed by atoms with E-state index in [9.17, 15) is 0 Å². The fourth-order valence-electron chi connectivity index (χ4n) is 2.99. The van der Waals surface area contributed by atoms with Crippen LogP contribution in [0.1, 0.15) is 16.7 Å². The third-order valence-electron chi connectivity index (χ3n) is 4.31. The highest BCUT2D eigenvalue weighted by molar-refractivity contribution is 7.99. The van der Waals surface area contributed by atoms with Crippen molar-refractivity contribution >= 4 is 23.4 Å². The smallest absolute Gasteiger partial charge is 0.285 e. The van der Waals surface area contributed by atoms with Gasteiger partial charge < -0.3 is 9.15 Å². The van der Waals surface area contributed by atoms with E-state index in [0.717, 1.165) is 15.6 Å². The number of ether oxygens (including phenoxy) is 1. The molecule has 3 aromatic carbocycles. The van der Waals surface area contributed by atoms with Gasteiger partial charge in [0.1, 0.15) is 0 Å². The van der Waals surface area contributed by atoms with Gasteiger partial charge in [-0.25, -0.2) is 0 Å². The first-order valence-corrected chi connectivity index (χ1v) is 9.88. The molecular formula is C25H20O2S. The Labute approximate surface area is 169 Å². The quantitative estimate of drug-likeness (QED) is 0.333. The fourth-order valence-corrected chi connectivity index (χ4v) is 3.82. The maximum absolute atomic E-state index is 5.62. The van der Waals surface area contributed by atoms with Gasteiger partial charge in [0.05, 0.1) is 7.11 Å². The van der Waals surface area contributed by atoms with Gasteiger partial charge in [0.15, 0.2) is 5.09 Å². The van der Waals surface area contributed by atoms with E-state index in [1.54, 1.807) is 18.9 Å². The molecule has 1 aromatic heterocycles. The summed E-state index contributed by atoms with van der Waals surface area (Å²) in [7, 11) is 1.60. The van der Waals surface area contributed by atoms with Crippen molar-refractivity contribution in [1.82, 2.24) is 0 Å². The minimum Gasteiger partial charge on any atom is -0.468 e. The zero-order valence-electron chi connectivity index (χ0n) is 15.5. The van der Waals surface area contributed by atoms with Gasteiger partial charge in [0.25, 0.3) is 5.95 Å². The van der Waals surface area contributed by atoms with Gasteiger partial charge >= 0.3 is 0 Å². The fraction of sp³-hybridized carbons (Fsp3) is 0.0400. The molecule has 0 N–H and O–H groups in total. The zero-order chi connectivity index (χ0) is 19.2. The van der Waals surface area contributed by atoms with Crippen LogP contribution in [0, 0.1) is 0 Å². The van der Waals surface area contributed by atoms with E-state index in [1.807, 2.05) is 24.3 Å².